The molecule has 2 N–H and O–H groups in total. The summed E-state index contributed by atoms with van der Waals surface area (Å²) >= 11 is 0. The molecule has 0 radical (unpaired) electrons. The second-order valence-electron chi connectivity index (χ2n) is 9.69. The van der Waals surface area contributed by atoms with Crippen LogP contribution < -0.4 is 11.1 Å². The van der Waals surface area contributed by atoms with Crippen molar-refractivity contribution in [3.63, 3.8) is 0 Å². The van der Waals surface area contributed by atoms with Crippen molar-refractivity contribution in [2.75, 3.05) is 6.61 Å². The van der Waals surface area contributed by atoms with Crippen LogP contribution in [0.25, 0.3) is 11.1 Å². The first-order chi connectivity index (χ1) is 14.2. The number of nitrogens with zero attached hydrogens (tertiary/aromatic N) is 1. The van der Waals surface area contributed by atoms with E-state index in [0.717, 1.165) is 6.04 Å². The van der Waals surface area contributed by atoms with E-state index in [9.17, 15) is 19.5 Å². The molecule has 0 fully saturated rings. The average Bonchev–Trinajstić information content (AvgIpc) is 2.90. The molecule has 1 heterocycles. The van der Waals surface area contributed by atoms with Gasteiger partial charge in [-0.25, -0.2) is 19.0 Å². The molecule has 1 aromatic carbocycles. The number of ether oxygens (including phenoxy) is 2. The Kier molecular flexibility index (Phi) is 7.71. The van der Waals surface area contributed by atoms with E-state index in [-0.39, 0.29) is 13.2 Å². The Hall–Kier alpha value is -2.59. The zero-order valence-corrected chi connectivity index (χ0v) is 20.0. The van der Waals surface area contributed by atoms with Crippen LogP contribution in [0.3, 0.4) is 0 Å². The summed E-state index contributed by atoms with van der Waals surface area (Å²) in [5.41, 5.74) is 0.748. The van der Waals surface area contributed by atoms with Gasteiger partial charge in [0.2, 0.25) is 0 Å². The number of benzene rings is 1. The van der Waals surface area contributed by atoms with Crippen LogP contribution in [-0.4, -0.2) is 48.1 Å². The number of amides is 1. The molecule has 172 valence electrons. The maximum absolute atomic E-state index is 12.2. The third-order valence-electron chi connectivity index (χ3n) is 4.38. The zero-order valence-electron chi connectivity index (χ0n) is 19.0. The molecule has 1 unspecified atom stereocenters. The quantitative estimate of drug-likeness (QED) is 0.442. The van der Waals surface area contributed by atoms with Gasteiger partial charge in [-0.3, -0.25) is 0 Å². The van der Waals surface area contributed by atoms with Gasteiger partial charge < -0.3 is 24.3 Å². The number of carboxylic acid groups (broad SMARTS) is 1. The summed E-state index contributed by atoms with van der Waals surface area (Å²) in [6.45, 7) is 12.5. The van der Waals surface area contributed by atoms with Crippen LogP contribution in [0.4, 0.5) is 4.79 Å². The topological polar surface area (TPSA) is 120 Å². The number of aromatic nitrogens is 1. The smallest absolute Gasteiger partial charge is 0.421 e. The molecule has 2 rings (SSSR count). The number of hydrogen-bond donors (Lipinski definition) is 2. The first kappa shape index (κ1) is 24.7. The van der Waals surface area contributed by atoms with E-state index in [1.807, 2.05) is 0 Å². The highest BCUT2D eigenvalue weighted by Gasteiger charge is 2.24. The third kappa shape index (κ3) is 7.87. The number of nitrogens with one attached hydrogen (secondary N) is 1. The first-order valence-electron chi connectivity index (χ1n) is 10.2. The van der Waals surface area contributed by atoms with Gasteiger partial charge in [-0.05, 0) is 44.5 Å². The van der Waals surface area contributed by atoms with Crippen LogP contribution in [-0.2, 0) is 27.4 Å². The minimum Gasteiger partial charge on any atom is -0.480 e. The number of carboxylic acids is 1. The molecule has 1 amide bonds. The van der Waals surface area contributed by atoms with E-state index in [0.29, 0.717) is 23.3 Å². The highest BCUT2D eigenvalue weighted by atomic mass is 28.3. The summed E-state index contributed by atoms with van der Waals surface area (Å²) in [5.74, 6) is -1.73. The average molecular weight is 453 g/mol. The summed E-state index contributed by atoms with van der Waals surface area (Å²) in [4.78, 5) is 35.7. The van der Waals surface area contributed by atoms with Crippen molar-refractivity contribution in [3.05, 3.63) is 34.3 Å². The Morgan fingerprint density at radius 2 is 1.94 bits per heavy atom. The standard InChI is InChI=1S/C21H32N2O7Si/c1-21(2,3)30-19(26)22-15(18(24)25)11-14-7-8-16-17(12-14)29-20(27)23(16)13-28-9-10-31(4,5)6/h7-8,12,15H,9-11,13H2,1-6H3,(H,22,26)(H,24,25). The van der Waals surface area contributed by atoms with Crippen LogP contribution in [0.5, 0.6) is 0 Å². The Morgan fingerprint density at radius 1 is 1.26 bits per heavy atom. The van der Waals surface area contributed by atoms with Crippen molar-refractivity contribution < 1.29 is 28.6 Å². The maximum atomic E-state index is 12.2. The first-order valence-corrected chi connectivity index (χ1v) is 13.9. The lowest BCUT2D eigenvalue weighted by Gasteiger charge is -2.22. The monoisotopic (exact) mass is 452 g/mol. The number of rotatable bonds is 9. The van der Waals surface area contributed by atoms with Crippen LogP contribution in [0.1, 0.15) is 26.3 Å². The Morgan fingerprint density at radius 3 is 2.52 bits per heavy atom. The van der Waals surface area contributed by atoms with E-state index in [4.69, 9.17) is 13.9 Å². The Labute approximate surface area is 182 Å². The molecular formula is C21H32N2O7Si. The lowest BCUT2D eigenvalue weighted by atomic mass is 10.1. The Bertz CT molecular complexity index is 982. The highest BCUT2D eigenvalue weighted by Crippen LogP contribution is 2.17. The number of alkyl carbamates (subject to hydrolysis) is 1. The van der Waals surface area contributed by atoms with Crippen molar-refractivity contribution in [1.82, 2.24) is 9.88 Å². The summed E-state index contributed by atoms with van der Waals surface area (Å²) in [6, 6.07) is 4.78. The number of carbonyl (C=O) groups is 2. The molecule has 1 atom stereocenters. The number of carbonyl (C=O) groups excluding carboxylic acids is 1. The number of fused-ring (bicyclic) bond motifs is 1. The van der Waals surface area contributed by atoms with E-state index < -0.39 is 37.5 Å². The zero-order chi connectivity index (χ0) is 23.4. The fraction of sp³-hybridized carbons (Fsp3) is 0.571. The number of aliphatic carboxylic acids is 1. The summed E-state index contributed by atoms with van der Waals surface area (Å²) in [5, 5.41) is 11.8. The fourth-order valence-electron chi connectivity index (χ4n) is 2.78. The SMILES string of the molecule is CC(C)(C)OC(=O)NC(Cc1ccc2c(c1)oc(=O)n2COCC[Si](C)(C)C)C(=O)O. The Balaban J connectivity index is 2.10. The molecule has 0 bridgehead atoms. The van der Waals surface area contributed by atoms with Gasteiger partial charge in [0.15, 0.2) is 5.58 Å². The van der Waals surface area contributed by atoms with Gasteiger partial charge in [0.1, 0.15) is 18.4 Å². The molecule has 31 heavy (non-hydrogen) atoms. The molecule has 0 aliphatic carbocycles. The van der Waals surface area contributed by atoms with Gasteiger partial charge in [-0.1, -0.05) is 25.7 Å². The molecular weight excluding hydrogens is 420 g/mol. The normalized spacial score (nSPS) is 13.2. The van der Waals surface area contributed by atoms with Gasteiger partial charge in [0.05, 0.1) is 5.52 Å². The second kappa shape index (κ2) is 9.69. The molecule has 0 aliphatic heterocycles. The molecule has 0 spiro atoms. The fourth-order valence-corrected chi connectivity index (χ4v) is 3.54. The predicted molar refractivity (Wildman–Crippen MR) is 119 cm³/mol. The van der Waals surface area contributed by atoms with E-state index in [2.05, 4.69) is 25.0 Å². The molecule has 0 aliphatic rings. The maximum Gasteiger partial charge on any atom is 0.421 e. The highest BCUT2D eigenvalue weighted by molar-refractivity contribution is 6.76. The summed E-state index contributed by atoms with van der Waals surface area (Å²) in [6.07, 6.45) is -0.805. The van der Waals surface area contributed by atoms with Crippen molar-refractivity contribution in [1.29, 1.82) is 0 Å². The van der Waals surface area contributed by atoms with Gasteiger partial charge in [-0.15, -0.1) is 0 Å². The van der Waals surface area contributed by atoms with Gasteiger partial charge in [0, 0.05) is 21.1 Å². The third-order valence-corrected chi connectivity index (χ3v) is 6.08. The van der Waals surface area contributed by atoms with Crippen molar-refractivity contribution in [3.8, 4) is 0 Å². The molecule has 0 saturated carbocycles. The largest absolute Gasteiger partial charge is 0.480 e. The summed E-state index contributed by atoms with van der Waals surface area (Å²) in [7, 11) is -1.23. The van der Waals surface area contributed by atoms with Crippen LogP contribution in [0.15, 0.2) is 27.4 Å². The number of oxazole rings is 1. The second-order valence-corrected chi connectivity index (χ2v) is 15.3. The molecule has 10 heteroatoms. The van der Waals surface area contributed by atoms with Gasteiger partial charge in [0.25, 0.3) is 0 Å². The minimum atomic E-state index is -1.23. The molecule has 1 aromatic heterocycles. The minimum absolute atomic E-state index is 0.00607. The van der Waals surface area contributed by atoms with Crippen LogP contribution in [0, 0.1) is 0 Å². The van der Waals surface area contributed by atoms with Crippen molar-refractivity contribution in [2.45, 2.75) is 71.3 Å². The van der Waals surface area contributed by atoms with Crippen molar-refractivity contribution in [2.24, 2.45) is 0 Å². The lowest BCUT2D eigenvalue weighted by molar-refractivity contribution is -0.139. The van der Waals surface area contributed by atoms with Gasteiger partial charge >= 0.3 is 17.8 Å². The molecule has 0 saturated heterocycles. The van der Waals surface area contributed by atoms with Gasteiger partial charge in [-0.2, -0.15) is 0 Å². The van der Waals surface area contributed by atoms with E-state index >= 15 is 0 Å². The summed E-state index contributed by atoms with van der Waals surface area (Å²) < 4.78 is 17.5. The van der Waals surface area contributed by atoms with E-state index in [1.54, 1.807) is 39.0 Å². The van der Waals surface area contributed by atoms with E-state index in [1.165, 1.54) is 4.57 Å². The predicted octanol–water partition coefficient (Wildman–Crippen LogP) is 3.43. The van der Waals surface area contributed by atoms with Crippen LogP contribution >= 0.6 is 0 Å². The van der Waals surface area contributed by atoms with Crippen LogP contribution in [0.2, 0.25) is 25.7 Å². The van der Waals surface area contributed by atoms with Crippen molar-refractivity contribution >= 4 is 31.2 Å². The molecule has 2 aromatic rings. The number of hydrogen-bond acceptors (Lipinski definition) is 6. The lowest BCUT2D eigenvalue weighted by Crippen LogP contribution is -2.44. The molecule has 9 nitrogen and oxygen atoms in total.